The molecule has 2 aromatic heterocycles. The Morgan fingerprint density at radius 3 is 2.58 bits per heavy atom. The highest BCUT2D eigenvalue weighted by atomic mass is 16.2. The second kappa shape index (κ2) is 7.87. The molecule has 0 aliphatic heterocycles. The first-order valence-corrected chi connectivity index (χ1v) is 9.93. The monoisotopic (exact) mass is 409 g/mol. The summed E-state index contributed by atoms with van der Waals surface area (Å²) in [5, 5.41) is 13.6. The molecule has 0 radical (unpaired) electrons. The van der Waals surface area contributed by atoms with Gasteiger partial charge in [-0.1, -0.05) is 72.8 Å². The number of amides is 1. The van der Waals surface area contributed by atoms with E-state index in [-0.39, 0.29) is 18.0 Å². The molecule has 1 N–H and O–H groups in total. The molecule has 7 heteroatoms. The van der Waals surface area contributed by atoms with Gasteiger partial charge in [-0.15, -0.1) is 0 Å². The van der Waals surface area contributed by atoms with E-state index in [1.165, 1.54) is 10.8 Å². The summed E-state index contributed by atoms with van der Waals surface area (Å²) >= 11 is 0. The van der Waals surface area contributed by atoms with Crippen molar-refractivity contribution < 1.29 is 4.79 Å². The average molecular weight is 409 g/mol. The highest BCUT2D eigenvalue weighted by molar-refractivity contribution is 5.96. The molecule has 5 aromatic rings. The standard InChI is InChI=1S/C24H19N5O2/c30-23(25-14-17-7-2-1-3-8-17)15-28-24(31)22-13-21(27-29(22)16-26-28)20-12-6-10-18-9-4-5-11-19(18)20/h1-13,16H,14-15H2,(H,25,30). The van der Waals surface area contributed by atoms with Crippen molar-refractivity contribution in [2.75, 3.05) is 0 Å². The number of rotatable bonds is 5. The minimum atomic E-state index is -0.364. The molecular weight excluding hydrogens is 390 g/mol. The van der Waals surface area contributed by atoms with Gasteiger partial charge < -0.3 is 5.32 Å². The van der Waals surface area contributed by atoms with E-state index in [4.69, 9.17) is 0 Å². The number of hydrogen-bond acceptors (Lipinski definition) is 4. The zero-order chi connectivity index (χ0) is 21.2. The van der Waals surface area contributed by atoms with Crippen LogP contribution in [-0.4, -0.2) is 25.3 Å². The van der Waals surface area contributed by atoms with Gasteiger partial charge in [0, 0.05) is 12.1 Å². The first-order chi connectivity index (χ1) is 15.2. The van der Waals surface area contributed by atoms with E-state index in [1.807, 2.05) is 72.8 Å². The van der Waals surface area contributed by atoms with Crippen LogP contribution in [0, 0.1) is 0 Å². The minimum Gasteiger partial charge on any atom is -0.350 e. The molecule has 0 bridgehead atoms. The van der Waals surface area contributed by atoms with Crippen molar-refractivity contribution in [2.24, 2.45) is 0 Å². The molecule has 0 saturated heterocycles. The molecule has 31 heavy (non-hydrogen) atoms. The van der Waals surface area contributed by atoms with Crippen LogP contribution in [0.2, 0.25) is 0 Å². The largest absolute Gasteiger partial charge is 0.350 e. The summed E-state index contributed by atoms with van der Waals surface area (Å²) in [6, 6.07) is 25.4. The van der Waals surface area contributed by atoms with E-state index < -0.39 is 0 Å². The number of aromatic nitrogens is 4. The molecule has 1 amide bonds. The first-order valence-electron chi connectivity index (χ1n) is 9.93. The first kappa shape index (κ1) is 18.7. The molecule has 0 spiro atoms. The third kappa shape index (κ3) is 3.69. The van der Waals surface area contributed by atoms with E-state index in [1.54, 1.807) is 6.07 Å². The fraction of sp³-hybridized carbons (Fsp3) is 0.0833. The summed E-state index contributed by atoms with van der Waals surface area (Å²) in [5.74, 6) is -0.281. The third-order valence-electron chi connectivity index (χ3n) is 5.18. The lowest BCUT2D eigenvalue weighted by Crippen LogP contribution is -2.34. The Hall–Kier alpha value is -4.26. The van der Waals surface area contributed by atoms with Crippen LogP contribution >= 0.6 is 0 Å². The van der Waals surface area contributed by atoms with Gasteiger partial charge in [0.05, 0.1) is 5.69 Å². The van der Waals surface area contributed by atoms with Crippen LogP contribution in [0.25, 0.3) is 27.5 Å². The molecule has 7 nitrogen and oxygen atoms in total. The van der Waals surface area contributed by atoms with Gasteiger partial charge in [0.25, 0.3) is 5.56 Å². The number of nitrogens with zero attached hydrogens (tertiary/aromatic N) is 4. The molecule has 0 atom stereocenters. The van der Waals surface area contributed by atoms with Crippen LogP contribution in [0.4, 0.5) is 0 Å². The highest BCUT2D eigenvalue weighted by Gasteiger charge is 2.13. The van der Waals surface area contributed by atoms with Gasteiger partial charge in [0.15, 0.2) is 0 Å². The molecule has 0 aliphatic rings. The quantitative estimate of drug-likeness (QED) is 0.484. The zero-order valence-electron chi connectivity index (χ0n) is 16.6. The van der Waals surface area contributed by atoms with E-state index >= 15 is 0 Å². The van der Waals surface area contributed by atoms with Crippen molar-refractivity contribution in [1.29, 1.82) is 0 Å². The van der Waals surface area contributed by atoms with Crippen molar-refractivity contribution in [1.82, 2.24) is 24.7 Å². The second-order valence-electron chi connectivity index (χ2n) is 7.24. The summed E-state index contributed by atoms with van der Waals surface area (Å²) in [7, 11) is 0. The Morgan fingerprint density at radius 2 is 1.71 bits per heavy atom. The van der Waals surface area contributed by atoms with Crippen LogP contribution in [0.15, 0.2) is 90.0 Å². The lowest BCUT2D eigenvalue weighted by molar-refractivity contribution is -0.122. The predicted molar refractivity (Wildman–Crippen MR) is 118 cm³/mol. The molecule has 5 rings (SSSR count). The Balaban J connectivity index is 1.42. The number of benzene rings is 3. The number of carbonyl (C=O) groups is 1. The van der Waals surface area contributed by atoms with Crippen LogP contribution in [-0.2, 0) is 17.9 Å². The molecule has 0 fully saturated rings. The smallest absolute Gasteiger partial charge is 0.293 e. The fourth-order valence-corrected chi connectivity index (χ4v) is 3.62. The lowest BCUT2D eigenvalue weighted by atomic mass is 10.0. The van der Waals surface area contributed by atoms with Gasteiger partial charge in [0.1, 0.15) is 18.4 Å². The number of fused-ring (bicyclic) bond motifs is 2. The molecule has 0 unspecified atom stereocenters. The maximum Gasteiger partial charge on any atom is 0.293 e. The molecule has 2 heterocycles. The van der Waals surface area contributed by atoms with E-state index in [2.05, 4.69) is 15.5 Å². The number of carbonyl (C=O) groups excluding carboxylic acids is 1. The van der Waals surface area contributed by atoms with Gasteiger partial charge in [-0.05, 0) is 22.4 Å². The summed E-state index contributed by atoms with van der Waals surface area (Å²) in [4.78, 5) is 25.2. The molecule has 0 aliphatic carbocycles. The van der Waals surface area contributed by atoms with Crippen molar-refractivity contribution in [2.45, 2.75) is 13.1 Å². The predicted octanol–water partition coefficient (Wildman–Crippen LogP) is 3.03. The van der Waals surface area contributed by atoms with Gasteiger partial charge >= 0.3 is 0 Å². The fourth-order valence-electron chi connectivity index (χ4n) is 3.62. The summed E-state index contributed by atoms with van der Waals surface area (Å²) in [6.07, 6.45) is 1.45. The van der Waals surface area contributed by atoms with Crippen LogP contribution in [0.1, 0.15) is 5.56 Å². The van der Waals surface area contributed by atoms with E-state index in [0.29, 0.717) is 17.8 Å². The summed E-state index contributed by atoms with van der Waals surface area (Å²) < 4.78 is 2.61. The van der Waals surface area contributed by atoms with Crippen LogP contribution in [0.3, 0.4) is 0 Å². The maximum absolute atomic E-state index is 12.9. The Kier molecular flexibility index (Phi) is 4.76. The van der Waals surface area contributed by atoms with Crippen LogP contribution in [0.5, 0.6) is 0 Å². The van der Waals surface area contributed by atoms with Crippen LogP contribution < -0.4 is 10.9 Å². The molecule has 3 aromatic carbocycles. The zero-order valence-corrected chi connectivity index (χ0v) is 16.6. The maximum atomic E-state index is 12.9. The Bertz CT molecular complexity index is 1450. The normalized spacial score (nSPS) is 11.1. The van der Waals surface area contributed by atoms with Crippen molar-refractivity contribution in [3.63, 3.8) is 0 Å². The number of hydrogen-bond donors (Lipinski definition) is 1. The van der Waals surface area contributed by atoms with Crippen molar-refractivity contribution in [3.05, 3.63) is 101 Å². The average Bonchev–Trinajstić information content (AvgIpc) is 3.25. The summed E-state index contributed by atoms with van der Waals surface area (Å²) in [6.45, 7) is 0.242. The van der Waals surface area contributed by atoms with Gasteiger partial charge in [-0.2, -0.15) is 10.2 Å². The second-order valence-corrected chi connectivity index (χ2v) is 7.24. The summed E-state index contributed by atoms with van der Waals surface area (Å²) in [5.41, 5.74) is 2.61. The SMILES string of the molecule is O=C(Cn1ncn2nc(-c3cccc4ccccc34)cc2c1=O)NCc1ccccc1. The van der Waals surface area contributed by atoms with Gasteiger partial charge in [-0.3, -0.25) is 9.59 Å². The van der Waals surface area contributed by atoms with Crippen molar-refractivity contribution in [3.8, 4) is 11.3 Å². The Morgan fingerprint density at radius 1 is 0.935 bits per heavy atom. The minimum absolute atomic E-state index is 0.156. The van der Waals surface area contributed by atoms with Gasteiger partial charge in [0.2, 0.25) is 5.91 Å². The van der Waals surface area contributed by atoms with E-state index in [0.717, 1.165) is 26.6 Å². The van der Waals surface area contributed by atoms with Gasteiger partial charge in [-0.25, -0.2) is 9.20 Å². The highest BCUT2D eigenvalue weighted by Crippen LogP contribution is 2.27. The van der Waals surface area contributed by atoms with Crippen molar-refractivity contribution >= 4 is 22.2 Å². The number of nitrogens with one attached hydrogen (secondary N) is 1. The van der Waals surface area contributed by atoms with E-state index in [9.17, 15) is 9.59 Å². The Labute approximate surface area is 177 Å². The lowest BCUT2D eigenvalue weighted by Gasteiger charge is -2.06. The molecule has 0 saturated carbocycles. The molecular formula is C24H19N5O2. The topological polar surface area (TPSA) is 81.3 Å². The third-order valence-corrected chi connectivity index (χ3v) is 5.18. The molecule has 152 valence electrons.